The quantitative estimate of drug-likeness (QED) is 0.0194. The fourth-order valence-electron chi connectivity index (χ4n) is 10.1. The van der Waals surface area contributed by atoms with Gasteiger partial charge in [-0.15, -0.1) is 0 Å². The number of hydroxylamine groups is 3. The van der Waals surface area contributed by atoms with Gasteiger partial charge in [0.25, 0.3) is 22.6 Å². The first-order chi connectivity index (χ1) is 41.9. The van der Waals surface area contributed by atoms with Gasteiger partial charge in [-0.2, -0.15) is 0 Å². The molecule has 19 nitrogen and oxygen atoms in total. The molecule has 0 radical (unpaired) electrons. The molecule has 1 saturated carbocycles. The Hall–Kier alpha value is -10.4. The topological polar surface area (TPSA) is 265 Å². The molecule has 0 spiro atoms. The van der Waals surface area contributed by atoms with Crippen LogP contribution in [0, 0.1) is 25.7 Å². The molecule has 7 N–H and O–H groups in total. The number of aromatic nitrogens is 6. The lowest BCUT2D eigenvalue weighted by molar-refractivity contribution is -0.129. The van der Waals surface area contributed by atoms with Crippen molar-refractivity contribution in [3.63, 3.8) is 0 Å². The lowest BCUT2D eigenvalue weighted by Gasteiger charge is -2.14. The Balaban J connectivity index is 0.000000154. The summed E-state index contributed by atoms with van der Waals surface area (Å²) in [6.07, 6.45) is 6.76. The SMILES string of the molecule is Cc1nc2cccc(CCCCCC(=O)NO)c2c(=O)n1-c1ccccc1.Cc1nc2cccc(NCc3ccc(C(=O)NO)cc3)c2c(=O)n1-c1ccccc1.O=C(CCCC#Cc1cccc2nc(C3CC3)n(-c3ccccc3)c(=O)c12)NO. The highest BCUT2D eigenvalue weighted by molar-refractivity contribution is 5.93. The van der Waals surface area contributed by atoms with Gasteiger partial charge in [-0.25, -0.2) is 31.4 Å². The second-order valence-corrected chi connectivity index (χ2v) is 20.5. The molecule has 0 saturated heterocycles. The summed E-state index contributed by atoms with van der Waals surface area (Å²) < 4.78 is 4.98. The number of hydrogen-bond acceptors (Lipinski definition) is 13. The van der Waals surface area contributed by atoms with Gasteiger partial charge in [0, 0.05) is 48.5 Å². The first kappa shape index (κ1) is 60.2. The Morgan fingerprint density at radius 1 is 0.523 bits per heavy atom. The summed E-state index contributed by atoms with van der Waals surface area (Å²) in [7, 11) is 0. The van der Waals surface area contributed by atoms with E-state index in [1.807, 2.05) is 159 Å². The van der Waals surface area contributed by atoms with Crippen LogP contribution in [0.4, 0.5) is 5.69 Å². The fraction of sp³-hybridized carbons (Fsp3) is 0.209. The molecule has 1 aliphatic rings. The van der Waals surface area contributed by atoms with Crippen molar-refractivity contribution in [1.82, 2.24) is 45.1 Å². The van der Waals surface area contributed by atoms with E-state index >= 15 is 0 Å². The zero-order valence-corrected chi connectivity index (χ0v) is 47.5. The molecule has 11 rings (SSSR count). The average Bonchev–Trinajstić information content (AvgIpc) is 2.12. The molecule has 19 heteroatoms. The third-order valence-electron chi connectivity index (χ3n) is 14.5. The molecular weight excluding hydrogens is 1090 g/mol. The molecule has 0 unspecified atom stereocenters. The van der Waals surface area contributed by atoms with E-state index in [9.17, 15) is 28.8 Å². The molecule has 7 aromatic carbocycles. The van der Waals surface area contributed by atoms with Gasteiger partial charge >= 0.3 is 0 Å². The van der Waals surface area contributed by atoms with Crippen molar-refractivity contribution in [2.75, 3.05) is 5.32 Å². The average molecular weight is 1150 g/mol. The summed E-state index contributed by atoms with van der Waals surface area (Å²) in [5, 5.41) is 30.7. The molecule has 436 valence electrons. The number of unbranched alkanes of at least 4 members (excludes halogenated alkanes) is 3. The van der Waals surface area contributed by atoms with Gasteiger partial charge < -0.3 is 5.32 Å². The Morgan fingerprint density at radius 3 is 1.60 bits per heavy atom. The third-order valence-corrected chi connectivity index (χ3v) is 14.5. The normalized spacial score (nSPS) is 11.5. The van der Waals surface area contributed by atoms with Crippen LogP contribution in [-0.2, 0) is 22.6 Å². The van der Waals surface area contributed by atoms with E-state index in [0.29, 0.717) is 99.3 Å². The Kier molecular flexibility index (Phi) is 20.1. The van der Waals surface area contributed by atoms with Crippen LogP contribution in [0.25, 0.3) is 49.8 Å². The van der Waals surface area contributed by atoms with Crippen molar-refractivity contribution in [3.8, 4) is 28.9 Å². The summed E-state index contributed by atoms with van der Waals surface area (Å²) in [4.78, 5) is 87.7. The monoisotopic (exact) mass is 1150 g/mol. The van der Waals surface area contributed by atoms with Crippen LogP contribution in [0.15, 0.2) is 184 Å². The fourth-order valence-corrected chi connectivity index (χ4v) is 10.1. The first-order valence-electron chi connectivity index (χ1n) is 28.3. The molecule has 10 aromatic rings. The Labute approximate surface area is 494 Å². The third kappa shape index (κ3) is 14.5. The predicted molar refractivity (Wildman–Crippen MR) is 329 cm³/mol. The van der Waals surface area contributed by atoms with E-state index in [1.165, 1.54) is 0 Å². The lowest BCUT2D eigenvalue weighted by atomic mass is 10.0. The molecule has 1 aliphatic carbocycles. The maximum atomic E-state index is 13.5. The van der Waals surface area contributed by atoms with Gasteiger partial charge in [0.15, 0.2) is 0 Å². The van der Waals surface area contributed by atoms with Crippen molar-refractivity contribution in [2.24, 2.45) is 0 Å². The number of hydrogen-bond donors (Lipinski definition) is 7. The Bertz CT molecular complexity index is 4310. The van der Waals surface area contributed by atoms with Crippen molar-refractivity contribution >= 4 is 56.1 Å². The van der Waals surface area contributed by atoms with Crippen molar-refractivity contribution in [2.45, 2.75) is 90.5 Å². The highest BCUT2D eigenvalue weighted by Gasteiger charge is 2.30. The van der Waals surface area contributed by atoms with Crippen LogP contribution < -0.4 is 38.4 Å². The van der Waals surface area contributed by atoms with Gasteiger partial charge in [0.1, 0.15) is 17.5 Å². The minimum Gasteiger partial charge on any atom is -0.380 e. The highest BCUT2D eigenvalue weighted by Crippen LogP contribution is 2.40. The van der Waals surface area contributed by atoms with Crippen LogP contribution in [0.3, 0.4) is 0 Å². The summed E-state index contributed by atoms with van der Waals surface area (Å²) in [5.41, 5.74) is 12.5. The number of nitrogens with zero attached hydrogens (tertiary/aromatic N) is 6. The molecule has 0 bridgehead atoms. The van der Waals surface area contributed by atoms with Crippen LogP contribution in [-0.4, -0.2) is 62.0 Å². The molecule has 0 aliphatic heterocycles. The van der Waals surface area contributed by atoms with E-state index in [-0.39, 0.29) is 29.0 Å². The zero-order valence-electron chi connectivity index (χ0n) is 47.5. The van der Waals surface area contributed by atoms with Crippen LogP contribution in [0.2, 0.25) is 0 Å². The first-order valence-corrected chi connectivity index (χ1v) is 28.3. The second-order valence-electron chi connectivity index (χ2n) is 20.5. The summed E-state index contributed by atoms with van der Waals surface area (Å²) in [6, 6.07) is 52.2. The number of anilines is 1. The number of amides is 3. The largest absolute Gasteiger partial charge is 0.380 e. The molecule has 3 amide bonds. The minimum atomic E-state index is -0.563. The smallest absolute Gasteiger partial charge is 0.274 e. The number of rotatable bonds is 17. The molecular formula is C67H64N10O9. The van der Waals surface area contributed by atoms with E-state index in [4.69, 9.17) is 20.6 Å². The summed E-state index contributed by atoms with van der Waals surface area (Å²) in [5.74, 6) is 7.13. The number of para-hydroxylation sites is 3. The van der Waals surface area contributed by atoms with E-state index < -0.39 is 11.8 Å². The van der Waals surface area contributed by atoms with Gasteiger partial charge in [0.2, 0.25) is 11.8 Å². The lowest BCUT2D eigenvalue weighted by Crippen LogP contribution is -2.24. The number of carbonyl (C=O) groups excluding carboxylic acids is 3. The number of aryl methyl sites for hydroxylation is 3. The zero-order chi connectivity index (χ0) is 60.5. The molecule has 3 aromatic heterocycles. The predicted octanol–water partition coefficient (Wildman–Crippen LogP) is 10.0. The summed E-state index contributed by atoms with van der Waals surface area (Å²) in [6.45, 7) is 4.11. The van der Waals surface area contributed by atoms with Crippen molar-refractivity contribution in [3.05, 3.63) is 241 Å². The van der Waals surface area contributed by atoms with Crippen LogP contribution in [0.5, 0.6) is 0 Å². The van der Waals surface area contributed by atoms with Crippen LogP contribution in [0.1, 0.15) is 108 Å². The standard InChI is InChI=1S/C23H20N4O3.C23H21N3O3.C21H23N3O3/c1-15-25-20-9-5-8-19(21(20)23(29)27(15)18-6-3-2-4-7-18)24-14-16-10-12-17(13-11-16)22(28)26-30;27-20(25-29)13-6-1-3-8-16-9-7-12-19-21(16)23(28)26(18-10-4-2-5-11-18)22(24-19)17-14-15-17;1-15-22-18-13-8-10-16(9-4-2-7-14-19(25)23-27)20(18)21(26)24(15)17-11-5-3-6-12-17/h2-13,24,30H,14H2,1H3,(H,26,28);2,4-5,7,9-12,17,29H,1,6,13-15H2,(H,25,27);3,5-6,8,10-13,27H,2,4,7,9,14H2,1H3,(H,23,25). The van der Waals surface area contributed by atoms with Gasteiger partial charge in [0.05, 0.1) is 49.8 Å². The van der Waals surface area contributed by atoms with E-state index in [2.05, 4.69) is 27.1 Å². The minimum absolute atomic E-state index is 0.0565. The number of nitrogens with one attached hydrogen (secondary N) is 4. The molecule has 1 fully saturated rings. The van der Waals surface area contributed by atoms with Gasteiger partial charge in [-0.1, -0.05) is 109 Å². The maximum Gasteiger partial charge on any atom is 0.274 e. The Morgan fingerprint density at radius 2 is 1.03 bits per heavy atom. The number of fused-ring (bicyclic) bond motifs is 3. The van der Waals surface area contributed by atoms with Crippen molar-refractivity contribution < 1.29 is 30.0 Å². The number of carbonyl (C=O) groups is 3. The van der Waals surface area contributed by atoms with E-state index in [1.54, 1.807) is 54.4 Å². The summed E-state index contributed by atoms with van der Waals surface area (Å²) >= 11 is 0. The van der Waals surface area contributed by atoms with Gasteiger partial charge in [-0.05, 0) is 142 Å². The van der Waals surface area contributed by atoms with Crippen molar-refractivity contribution in [1.29, 1.82) is 0 Å². The van der Waals surface area contributed by atoms with E-state index in [0.717, 1.165) is 66.1 Å². The maximum absolute atomic E-state index is 13.5. The van der Waals surface area contributed by atoms with Gasteiger partial charge in [-0.3, -0.25) is 58.1 Å². The highest BCUT2D eigenvalue weighted by atomic mass is 16.5. The second kappa shape index (κ2) is 28.7. The molecule has 0 atom stereocenters. The molecule has 3 heterocycles. The number of benzene rings is 7. The molecule has 86 heavy (non-hydrogen) atoms. The van der Waals surface area contributed by atoms with Crippen LogP contribution >= 0.6 is 0 Å².